The van der Waals surface area contributed by atoms with Gasteiger partial charge in [0, 0.05) is 32.4 Å². The highest BCUT2D eigenvalue weighted by atomic mass is 32.1. The molecule has 14 rings (SSSR count). The van der Waals surface area contributed by atoms with Crippen LogP contribution < -0.4 is 0 Å². The average Bonchev–Trinajstić information content (AvgIpc) is 3.91. The Hall–Kier alpha value is -8.18. The minimum Gasteiger partial charge on any atom is -0.291 e. The van der Waals surface area contributed by atoms with Crippen LogP contribution in [0.3, 0.4) is 0 Å². The summed E-state index contributed by atoms with van der Waals surface area (Å²) in [5.41, 5.74) is 13.7. The molecule has 0 aliphatic heterocycles. The molecule has 0 atom stereocenters. The van der Waals surface area contributed by atoms with Crippen molar-refractivity contribution in [1.82, 2.24) is 14.4 Å². The lowest BCUT2D eigenvalue weighted by Gasteiger charge is -2.14. The molecule has 64 heavy (non-hydrogen) atoms. The van der Waals surface area contributed by atoms with Gasteiger partial charge in [-0.25, -0.2) is 4.98 Å². The first-order valence-corrected chi connectivity index (χ1v) is 22.6. The molecular weight excluding hydrogens is 795 g/mol. The molecule has 0 aliphatic rings. The Labute approximate surface area is 371 Å². The molecule has 296 valence electrons. The minimum atomic E-state index is 1.00. The number of fused-ring (bicyclic) bond motifs is 13. The van der Waals surface area contributed by atoms with E-state index in [4.69, 9.17) is 9.97 Å². The maximum absolute atomic E-state index is 5.39. The highest BCUT2D eigenvalue weighted by Crippen LogP contribution is 2.44. The van der Waals surface area contributed by atoms with Crippen LogP contribution in [0, 0.1) is 0 Å². The molecule has 4 heterocycles. The zero-order valence-electron chi connectivity index (χ0n) is 34.5. The van der Waals surface area contributed by atoms with Crippen molar-refractivity contribution >= 4 is 102 Å². The molecule has 4 aromatic heterocycles. The normalized spacial score (nSPS) is 12.1. The lowest BCUT2D eigenvalue weighted by Crippen LogP contribution is -1.93. The Kier molecular flexibility index (Phi) is 7.56. The Balaban J connectivity index is 0.880. The third-order valence-electron chi connectivity index (χ3n) is 13.4. The van der Waals surface area contributed by atoms with Crippen LogP contribution in [0.4, 0.5) is 0 Å². The average molecular weight is 830 g/mol. The van der Waals surface area contributed by atoms with Crippen molar-refractivity contribution in [1.29, 1.82) is 0 Å². The van der Waals surface area contributed by atoms with Crippen molar-refractivity contribution in [2.24, 2.45) is 0 Å². The van der Waals surface area contributed by atoms with E-state index in [1.807, 2.05) is 23.6 Å². The second-order valence-corrected chi connectivity index (χ2v) is 18.0. The molecule has 0 aliphatic carbocycles. The minimum absolute atomic E-state index is 1.00. The van der Waals surface area contributed by atoms with Gasteiger partial charge in [0.1, 0.15) is 0 Å². The highest BCUT2D eigenvalue weighted by molar-refractivity contribution is 7.26. The quantitative estimate of drug-likeness (QED) is 0.165. The molecule has 0 saturated heterocycles. The topological polar surface area (TPSA) is 30.2 Å². The fraction of sp³-hybridized carbons (Fsp3) is 0. The van der Waals surface area contributed by atoms with E-state index in [1.165, 1.54) is 96.6 Å². The summed E-state index contributed by atoms with van der Waals surface area (Å²) >= 11 is 1.84. The number of pyridine rings is 2. The van der Waals surface area contributed by atoms with Gasteiger partial charge in [0.25, 0.3) is 0 Å². The van der Waals surface area contributed by atoms with Gasteiger partial charge in [0.05, 0.1) is 26.9 Å². The van der Waals surface area contributed by atoms with E-state index in [2.05, 4.69) is 205 Å². The Morgan fingerprint density at radius 1 is 0.375 bits per heavy atom. The molecule has 10 aromatic carbocycles. The van der Waals surface area contributed by atoms with Crippen LogP contribution in [0.25, 0.3) is 135 Å². The fourth-order valence-corrected chi connectivity index (χ4v) is 11.5. The molecule has 0 radical (unpaired) electrons. The molecule has 0 unspecified atom stereocenters. The Morgan fingerprint density at radius 2 is 0.938 bits per heavy atom. The molecule has 0 saturated carbocycles. The predicted molar refractivity (Wildman–Crippen MR) is 273 cm³/mol. The number of imidazole rings is 1. The zero-order valence-corrected chi connectivity index (χ0v) is 35.3. The standard InChI is InChI=1S/C60H35N3S/c1-4-12-44-34-57-52(31-41(44)9-1)53-35-55(63-56-33-43-11-3-2-10-42(43)32-54(56)62-60(63)59(53)64-57)39-24-22-38(23-25-39)47-29-28-46(48-14-5-6-15-49(47)48)37-20-18-36(19-21-37)45-16-7-17-51-50(45)27-26-40-13-8-30-61-58(40)51/h1-35H. The third kappa shape index (κ3) is 5.33. The van der Waals surface area contributed by atoms with Crippen molar-refractivity contribution in [2.75, 3.05) is 0 Å². The maximum Gasteiger partial charge on any atom is 0.156 e. The molecule has 4 heteroatoms. The van der Waals surface area contributed by atoms with Gasteiger partial charge in [0.2, 0.25) is 0 Å². The summed E-state index contributed by atoms with van der Waals surface area (Å²) in [5, 5.41) is 13.5. The Bertz CT molecular complexity index is 4230. The molecule has 0 bridgehead atoms. The molecule has 14 aromatic rings. The van der Waals surface area contributed by atoms with Crippen molar-refractivity contribution in [3.8, 4) is 44.6 Å². The molecule has 0 amide bonds. The first-order chi connectivity index (χ1) is 31.7. The summed E-state index contributed by atoms with van der Waals surface area (Å²) in [6.07, 6.45) is 1.88. The second-order valence-electron chi connectivity index (χ2n) is 16.9. The van der Waals surface area contributed by atoms with Crippen LogP contribution in [-0.2, 0) is 0 Å². The largest absolute Gasteiger partial charge is 0.291 e. The summed E-state index contributed by atoms with van der Waals surface area (Å²) in [6.45, 7) is 0. The number of aromatic nitrogens is 3. The van der Waals surface area contributed by atoms with Crippen LogP contribution >= 0.6 is 11.3 Å². The number of thiophene rings is 1. The van der Waals surface area contributed by atoms with Gasteiger partial charge >= 0.3 is 0 Å². The summed E-state index contributed by atoms with van der Waals surface area (Å²) in [7, 11) is 0. The van der Waals surface area contributed by atoms with Gasteiger partial charge in [-0.05, 0) is 113 Å². The molecule has 0 fully saturated rings. The van der Waals surface area contributed by atoms with E-state index in [9.17, 15) is 0 Å². The lowest BCUT2D eigenvalue weighted by molar-refractivity contribution is 1.25. The van der Waals surface area contributed by atoms with Crippen molar-refractivity contribution in [2.45, 2.75) is 0 Å². The second kappa shape index (κ2) is 13.7. The SMILES string of the molecule is c1ccc2cc3c(cc2c1)nc1c2sc4cc5ccccc5cc4c2cc(-c2ccc(-c4ccc(-c5ccc(-c6cccc7c6ccc6cccnc67)cc5)c5ccccc45)cc2)n31. The van der Waals surface area contributed by atoms with E-state index in [0.717, 1.165) is 38.8 Å². The molecule has 0 spiro atoms. The van der Waals surface area contributed by atoms with Gasteiger partial charge in [0.15, 0.2) is 5.65 Å². The first kappa shape index (κ1) is 35.4. The third-order valence-corrected chi connectivity index (χ3v) is 14.6. The predicted octanol–water partition coefficient (Wildman–Crippen LogP) is 16.7. The number of benzene rings is 10. The highest BCUT2D eigenvalue weighted by Gasteiger charge is 2.20. The van der Waals surface area contributed by atoms with Gasteiger partial charge in [-0.3, -0.25) is 9.38 Å². The Morgan fingerprint density at radius 3 is 1.64 bits per heavy atom. The number of nitrogens with zero attached hydrogens (tertiary/aromatic N) is 3. The van der Waals surface area contributed by atoms with Crippen LogP contribution in [0.2, 0.25) is 0 Å². The van der Waals surface area contributed by atoms with Crippen LogP contribution in [0.1, 0.15) is 0 Å². The number of hydrogen-bond acceptors (Lipinski definition) is 3. The smallest absolute Gasteiger partial charge is 0.156 e. The van der Waals surface area contributed by atoms with Crippen LogP contribution in [-0.4, -0.2) is 14.4 Å². The molecule has 3 nitrogen and oxygen atoms in total. The van der Waals surface area contributed by atoms with E-state index >= 15 is 0 Å². The zero-order chi connectivity index (χ0) is 41.9. The van der Waals surface area contributed by atoms with Gasteiger partial charge in [-0.1, -0.05) is 170 Å². The van der Waals surface area contributed by atoms with Crippen molar-refractivity contribution in [3.63, 3.8) is 0 Å². The first-order valence-electron chi connectivity index (χ1n) is 21.8. The summed E-state index contributed by atoms with van der Waals surface area (Å²) in [5.74, 6) is 0. The van der Waals surface area contributed by atoms with E-state index in [0.29, 0.717) is 0 Å². The summed E-state index contributed by atoms with van der Waals surface area (Å²) in [6, 6.07) is 75.6. The van der Waals surface area contributed by atoms with E-state index in [1.54, 1.807) is 0 Å². The summed E-state index contributed by atoms with van der Waals surface area (Å²) in [4.78, 5) is 10.1. The molecule has 0 N–H and O–H groups in total. The fourth-order valence-electron chi connectivity index (χ4n) is 10.3. The van der Waals surface area contributed by atoms with E-state index < -0.39 is 0 Å². The monoisotopic (exact) mass is 829 g/mol. The molecular formula is C60H35N3S. The van der Waals surface area contributed by atoms with Gasteiger partial charge in [-0.2, -0.15) is 0 Å². The maximum atomic E-state index is 5.39. The van der Waals surface area contributed by atoms with Crippen molar-refractivity contribution in [3.05, 3.63) is 212 Å². The lowest BCUT2D eigenvalue weighted by atomic mass is 9.90. The van der Waals surface area contributed by atoms with Crippen LogP contribution in [0.5, 0.6) is 0 Å². The van der Waals surface area contributed by atoms with Gasteiger partial charge < -0.3 is 0 Å². The number of rotatable bonds is 4. The summed E-state index contributed by atoms with van der Waals surface area (Å²) < 4.78 is 4.89. The van der Waals surface area contributed by atoms with Crippen LogP contribution in [0.15, 0.2) is 212 Å². The van der Waals surface area contributed by atoms with Gasteiger partial charge in [-0.15, -0.1) is 11.3 Å². The van der Waals surface area contributed by atoms with Crippen molar-refractivity contribution < 1.29 is 0 Å². The number of hydrogen-bond donors (Lipinski definition) is 0. The van der Waals surface area contributed by atoms with E-state index in [-0.39, 0.29) is 0 Å².